The maximum Gasteiger partial charge on any atom is 0.243 e. The molecule has 0 aliphatic heterocycles. The summed E-state index contributed by atoms with van der Waals surface area (Å²) in [6.45, 7) is 4.56. The lowest BCUT2D eigenvalue weighted by molar-refractivity contribution is -0.139. The summed E-state index contributed by atoms with van der Waals surface area (Å²) in [4.78, 5) is 29.5. The Morgan fingerprint density at radius 1 is 0.842 bits per heavy atom. The highest BCUT2D eigenvalue weighted by Crippen LogP contribution is 2.21. The van der Waals surface area contributed by atoms with Crippen molar-refractivity contribution >= 4 is 23.6 Å². The van der Waals surface area contributed by atoms with Crippen LogP contribution in [-0.4, -0.2) is 34.6 Å². The molecule has 1 fully saturated rings. The van der Waals surface area contributed by atoms with Crippen LogP contribution in [0.1, 0.15) is 59.9 Å². The van der Waals surface area contributed by atoms with E-state index in [1.165, 1.54) is 17.5 Å². The van der Waals surface area contributed by atoms with Gasteiger partial charge in [0.2, 0.25) is 11.8 Å². The molecule has 0 spiro atoms. The first-order valence-corrected chi connectivity index (χ1v) is 15.0. The van der Waals surface area contributed by atoms with Crippen LogP contribution >= 0.6 is 11.8 Å². The zero-order valence-electron chi connectivity index (χ0n) is 22.7. The van der Waals surface area contributed by atoms with Crippen LogP contribution in [0, 0.1) is 13.8 Å². The molecule has 0 bridgehead atoms. The molecule has 1 N–H and O–H groups in total. The number of carbonyl (C=O) groups is 2. The molecular weight excluding hydrogens is 488 g/mol. The van der Waals surface area contributed by atoms with E-state index in [4.69, 9.17) is 0 Å². The number of hydrogen-bond acceptors (Lipinski definition) is 3. The second kappa shape index (κ2) is 14.2. The molecule has 1 unspecified atom stereocenters. The molecule has 1 atom stereocenters. The fraction of sp³-hybridized carbons (Fsp3) is 0.394. The molecule has 1 aliphatic carbocycles. The van der Waals surface area contributed by atoms with E-state index in [0.717, 1.165) is 48.1 Å². The molecule has 4 nitrogen and oxygen atoms in total. The first-order chi connectivity index (χ1) is 18.5. The fourth-order valence-electron chi connectivity index (χ4n) is 5.25. The molecular formula is C33H40N2O2S. The monoisotopic (exact) mass is 528 g/mol. The van der Waals surface area contributed by atoms with E-state index in [1.54, 1.807) is 11.8 Å². The van der Waals surface area contributed by atoms with Crippen molar-refractivity contribution in [3.63, 3.8) is 0 Å². The number of hydrogen-bond donors (Lipinski definition) is 1. The van der Waals surface area contributed by atoms with Crippen molar-refractivity contribution in [2.45, 2.75) is 76.8 Å². The highest BCUT2D eigenvalue weighted by atomic mass is 32.2. The summed E-state index contributed by atoms with van der Waals surface area (Å²) in [5.41, 5.74) is 5.69. The van der Waals surface area contributed by atoms with Crippen molar-refractivity contribution in [3.05, 3.63) is 107 Å². The molecule has 1 aliphatic rings. The normalized spacial score (nSPS) is 14.6. The number of benzene rings is 3. The summed E-state index contributed by atoms with van der Waals surface area (Å²) in [6.07, 6.45) is 6.06. The summed E-state index contributed by atoms with van der Waals surface area (Å²) in [6, 6.07) is 26.3. The van der Waals surface area contributed by atoms with Crippen molar-refractivity contribution in [1.82, 2.24) is 10.2 Å². The summed E-state index contributed by atoms with van der Waals surface area (Å²) in [5.74, 6) is 1.07. The topological polar surface area (TPSA) is 49.4 Å². The van der Waals surface area contributed by atoms with Crippen LogP contribution in [0.2, 0.25) is 0 Å². The number of nitrogens with zero attached hydrogens (tertiary/aromatic N) is 1. The number of amides is 2. The molecule has 3 aromatic carbocycles. The van der Waals surface area contributed by atoms with E-state index >= 15 is 0 Å². The van der Waals surface area contributed by atoms with E-state index in [0.29, 0.717) is 18.7 Å². The number of rotatable bonds is 11. The van der Waals surface area contributed by atoms with Crippen LogP contribution in [0.15, 0.2) is 78.9 Å². The minimum Gasteiger partial charge on any atom is -0.352 e. The Kier molecular flexibility index (Phi) is 10.5. The van der Waals surface area contributed by atoms with Gasteiger partial charge in [-0.1, -0.05) is 109 Å². The molecule has 38 heavy (non-hydrogen) atoms. The fourth-order valence-corrected chi connectivity index (χ4v) is 6.10. The van der Waals surface area contributed by atoms with E-state index < -0.39 is 6.04 Å². The third-order valence-electron chi connectivity index (χ3n) is 7.23. The van der Waals surface area contributed by atoms with Gasteiger partial charge in [0.05, 0.1) is 5.75 Å². The van der Waals surface area contributed by atoms with Crippen molar-refractivity contribution in [1.29, 1.82) is 0 Å². The number of aryl methyl sites for hydroxylation is 2. The Morgan fingerprint density at radius 3 is 2.16 bits per heavy atom. The SMILES string of the molecule is Cc1cccc(CSCC(=O)N(Cc2cccc(C)c2)C(Cc2ccccc2)C(=O)NC2CCCCC2)c1. The largest absolute Gasteiger partial charge is 0.352 e. The number of carbonyl (C=O) groups excluding carboxylic acids is 2. The van der Waals surface area contributed by atoms with Gasteiger partial charge in [0.1, 0.15) is 6.04 Å². The van der Waals surface area contributed by atoms with E-state index in [9.17, 15) is 9.59 Å². The zero-order valence-corrected chi connectivity index (χ0v) is 23.5. The van der Waals surface area contributed by atoms with Crippen LogP contribution < -0.4 is 5.32 Å². The zero-order chi connectivity index (χ0) is 26.7. The summed E-state index contributed by atoms with van der Waals surface area (Å²) in [7, 11) is 0. The van der Waals surface area contributed by atoms with Crippen LogP contribution in [0.25, 0.3) is 0 Å². The van der Waals surface area contributed by atoms with Gasteiger partial charge in [-0.05, 0) is 43.4 Å². The van der Waals surface area contributed by atoms with Crippen LogP contribution in [-0.2, 0) is 28.3 Å². The minimum absolute atomic E-state index is 0.00360. The van der Waals surface area contributed by atoms with Gasteiger partial charge in [0.15, 0.2) is 0 Å². The Morgan fingerprint density at radius 2 is 1.47 bits per heavy atom. The molecule has 4 rings (SSSR count). The minimum atomic E-state index is -0.563. The van der Waals surface area contributed by atoms with Gasteiger partial charge in [-0.3, -0.25) is 9.59 Å². The van der Waals surface area contributed by atoms with Crippen molar-refractivity contribution in [3.8, 4) is 0 Å². The lowest BCUT2D eigenvalue weighted by atomic mass is 9.94. The predicted molar refractivity (Wildman–Crippen MR) is 158 cm³/mol. The smallest absolute Gasteiger partial charge is 0.243 e. The molecule has 0 heterocycles. The second-order valence-electron chi connectivity index (χ2n) is 10.5. The lowest BCUT2D eigenvalue weighted by Gasteiger charge is -2.33. The van der Waals surface area contributed by atoms with E-state index in [-0.39, 0.29) is 17.9 Å². The van der Waals surface area contributed by atoms with Gasteiger partial charge in [-0.2, -0.15) is 0 Å². The average Bonchev–Trinajstić information content (AvgIpc) is 2.92. The van der Waals surface area contributed by atoms with Gasteiger partial charge >= 0.3 is 0 Å². The Balaban J connectivity index is 1.56. The van der Waals surface area contributed by atoms with Gasteiger partial charge in [-0.25, -0.2) is 0 Å². The molecule has 2 amide bonds. The van der Waals surface area contributed by atoms with Gasteiger partial charge in [-0.15, -0.1) is 11.8 Å². The molecule has 200 valence electrons. The average molecular weight is 529 g/mol. The summed E-state index contributed by atoms with van der Waals surface area (Å²) >= 11 is 1.61. The van der Waals surface area contributed by atoms with Crippen LogP contribution in [0.5, 0.6) is 0 Å². The third kappa shape index (κ3) is 8.49. The van der Waals surface area contributed by atoms with Crippen molar-refractivity contribution < 1.29 is 9.59 Å². The second-order valence-corrected chi connectivity index (χ2v) is 11.5. The van der Waals surface area contributed by atoms with Gasteiger partial charge in [0.25, 0.3) is 0 Å². The molecule has 5 heteroatoms. The van der Waals surface area contributed by atoms with Crippen LogP contribution in [0.4, 0.5) is 0 Å². The highest BCUT2D eigenvalue weighted by Gasteiger charge is 2.31. The summed E-state index contributed by atoms with van der Waals surface area (Å²) < 4.78 is 0. The third-order valence-corrected chi connectivity index (χ3v) is 8.22. The molecule has 3 aromatic rings. The predicted octanol–water partition coefficient (Wildman–Crippen LogP) is 6.63. The Hall–Kier alpha value is -3.05. The molecule has 0 aromatic heterocycles. The maximum atomic E-state index is 13.8. The van der Waals surface area contributed by atoms with Crippen molar-refractivity contribution in [2.75, 3.05) is 5.75 Å². The maximum absolute atomic E-state index is 13.8. The molecule has 1 saturated carbocycles. The summed E-state index contributed by atoms with van der Waals surface area (Å²) in [5, 5.41) is 3.32. The number of thioether (sulfide) groups is 1. The standard InChI is InChI=1S/C33H40N2O2S/c1-25-11-9-15-28(19-25)22-35(32(36)24-38-23-29-16-10-12-26(2)20-29)31(21-27-13-5-3-6-14-27)33(37)34-30-17-7-4-8-18-30/h3,5-6,9-16,19-20,30-31H,4,7-8,17-18,21-24H2,1-2H3,(H,34,37). The van der Waals surface area contributed by atoms with E-state index in [1.807, 2.05) is 47.4 Å². The van der Waals surface area contributed by atoms with Crippen molar-refractivity contribution in [2.24, 2.45) is 0 Å². The van der Waals surface area contributed by atoms with Crippen LogP contribution in [0.3, 0.4) is 0 Å². The van der Waals surface area contributed by atoms with Gasteiger partial charge < -0.3 is 10.2 Å². The molecule has 0 saturated heterocycles. The lowest BCUT2D eigenvalue weighted by Crippen LogP contribution is -2.53. The Bertz CT molecular complexity index is 1190. The number of nitrogens with one attached hydrogen (secondary N) is 1. The molecule has 0 radical (unpaired) electrons. The quantitative estimate of drug-likeness (QED) is 0.304. The first-order valence-electron chi connectivity index (χ1n) is 13.8. The van der Waals surface area contributed by atoms with E-state index in [2.05, 4.69) is 55.6 Å². The van der Waals surface area contributed by atoms with Gasteiger partial charge in [0, 0.05) is 24.8 Å². The first kappa shape index (κ1) is 28.0. The Labute approximate surface area is 232 Å². The highest BCUT2D eigenvalue weighted by molar-refractivity contribution is 7.99.